The van der Waals surface area contributed by atoms with Gasteiger partial charge >= 0.3 is 0 Å². The minimum Gasteiger partial charge on any atom is -0.309 e. The van der Waals surface area contributed by atoms with Crippen molar-refractivity contribution in [2.45, 2.75) is 32.2 Å². The van der Waals surface area contributed by atoms with E-state index in [9.17, 15) is 0 Å². The molecule has 0 aliphatic heterocycles. The third-order valence-electron chi connectivity index (χ3n) is 3.06. The highest BCUT2D eigenvalue weighted by Crippen LogP contribution is 2.29. The zero-order valence-electron chi connectivity index (χ0n) is 11.4. The number of nitrogens with zero attached hydrogens (tertiary/aromatic N) is 2. The lowest BCUT2D eigenvalue weighted by atomic mass is 10.1. The fourth-order valence-corrected chi connectivity index (χ4v) is 3.26. The lowest BCUT2D eigenvalue weighted by molar-refractivity contribution is 0.506. The summed E-state index contributed by atoms with van der Waals surface area (Å²) in [4.78, 5) is 1.32. The van der Waals surface area contributed by atoms with Crippen molar-refractivity contribution < 1.29 is 0 Å². The largest absolute Gasteiger partial charge is 0.309 e. The molecule has 0 aromatic carbocycles. The van der Waals surface area contributed by atoms with E-state index < -0.39 is 0 Å². The summed E-state index contributed by atoms with van der Waals surface area (Å²) in [5, 5.41) is 7.81. The predicted octanol–water partition coefficient (Wildman–Crippen LogP) is 3.81. The van der Waals surface area contributed by atoms with Gasteiger partial charge in [-0.25, -0.2) is 0 Å². The maximum absolute atomic E-state index is 6.04. The van der Waals surface area contributed by atoms with Gasteiger partial charge in [-0.15, -0.1) is 11.3 Å². The van der Waals surface area contributed by atoms with E-state index in [0.717, 1.165) is 30.1 Å². The number of rotatable bonds is 7. The standard InChI is InChI=1S/C14H20ClN3S/c1-3-8-16-12(13-6-7-14(15)19-13)5-4-11-9-17-18(2)10-11/h6-7,9-10,12,16H,3-5,8H2,1-2H3. The monoisotopic (exact) mass is 297 g/mol. The molecule has 2 aromatic rings. The van der Waals surface area contributed by atoms with Crippen LogP contribution in [0.2, 0.25) is 4.34 Å². The zero-order chi connectivity index (χ0) is 13.7. The Hall–Kier alpha value is -0.840. The topological polar surface area (TPSA) is 29.9 Å². The van der Waals surface area contributed by atoms with Crippen molar-refractivity contribution in [1.29, 1.82) is 0 Å². The molecule has 0 spiro atoms. The first-order valence-electron chi connectivity index (χ1n) is 6.65. The van der Waals surface area contributed by atoms with Crippen LogP contribution in [0.3, 0.4) is 0 Å². The van der Waals surface area contributed by atoms with E-state index >= 15 is 0 Å². The normalized spacial score (nSPS) is 12.8. The van der Waals surface area contributed by atoms with Crippen LogP contribution in [0.1, 0.15) is 36.2 Å². The highest BCUT2D eigenvalue weighted by atomic mass is 35.5. The molecule has 5 heteroatoms. The van der Waals surface area contributed by atoms with Crippen LogP contribution in [0.25, 0.3) is 0 Å². The second-order valence-electron chi connectivity index (χ2n) is 4.71. The molecule has 104 valence electrons. The number of halogens is 1. The molecule has 1 atom stereocenters. The Labute approximate surface area is 123 Å². The van der Waals surface area contributed by atoms with Crippen molar-refractivity contribution >= 4 is 22.9 Å². The van der Waals surface area contributed by atoms with Crippen molar-refractivity contribution in [2.75, 3.05) is 6.54 Å². The molecule has 0 fully saturated rings. The Morgan fingerprint density at radius 3 is 2.89 bits per heavy atom. The molecule has 1 N–H and O–H groups in total. The minimum absolute atomic E-state index is 0.387. The first-order chi connectivity index (χ1) is 9.19. The van der Waals surface area contributed by atoms with E-state index in [-0.39, 0.29) is 0 Å². The van der Waals surface area contributed by atoms with E-state index in [0.29, 0.717) is 6.04 Å². The zero-order valence-corrected chi connectivity index (χ0v) is 13.0. The molecule has 3 nitrogen and oxygen atoms in total. The van der Waals surface area contributed by atoms with Crippen LogP contribution in [0.5, 0.6) is 0 Å². The van der Waals surface area contributed by atoms with Crippen LogP contribution in [-0.4, -0.2) is 16.3 Å². The number of thiophene rings is 1. The van der Waals surface area contributed by atoms with Crippen molar-refractivity contribution in [3.05, 3.63) is 39.3 Å². The molecule has 2 rings (SSSR count). The molecule has 0 amide bonds. The summed E-state index contributed by atoms with van der Waals surface area (Å²) in [6.07, 6.45) is 7.27. The van der Waals surface area contributed by atoms with Crippen LogP contribution >= 0.6 is 22.9 Å². The molecule has 19 heavy (non-hydrogen) atoms. The number of nitrogens with one attached hydrogen (secondary N) is 1. The van der Waals surface area contributed by atoms with Gasteiger partial charge in [0.15, 0.2) is 0 Å². The third kappa shape index (κ3) is 4.34. The number of hydrogen-bond acceptors (Lipinski definition) is 3. The number of aromatic nitrogens is 2. The highest BCUT2D eigenvalue weighted by Gasteiger charge is 2.13. The molecular weight excluding hydrogens is 278 g/mol. The average Bonchev–Trinajstić information content (AvgIpc) is 2.99. The van der Waals surface area contributed by atoms with Gasteiger partial charge in [-0.05, 0) is 43.5 Å². The Kier molecular flexibility index (Phi) is 5.43. The highest BCUT2D eigenvalue weighted by molar-refractivity contribution is 7.16. The van der Waals surface area contributed by atoms with Crippen molar-refractivity contribution in [3.63, 3.8) is 0 Å². The molecule has 0 bridgehead atoms. The van der Waals surface area contributed by atoms with Gasteiger partial charge in [0, 0.05) is 24.2 Å². The van der Waals surface area contributed by atoms with E-state index in [1.54, 1.807) is 11.3 Å². The maximum Gasteiger partial charge on any atom is 0.0931 e. The van der Waals surface area contributed by atoms with Gasteiger partial charge in [0.1, 0.15) is 0 Å². The van der Waals surface area contributed by atoms with E-state index in [1.807, 2.05) is 24.0 Å². The molecule has 2 aromatic heterocycles. The van der Waals surface area contributed by atoms with Crippen LogP contribution < -0.4 is 5.32 Å². The smallest absolute Gasteiger partial charge is 0.0931 e. The third-order valence-corrected chi connectivity index (χ3v) is 4.40. The second-order valence-corrected chi connectivity index (χ2v) is 6.46. The van der Waals surface area contributed by atoms with Gasteiger partial charge in [0.05, 0.1) is 10.5 Å². The quantitative estimate of drug-likeness (QED) is 0.842. The van der Waals surface area contributed by atoms with Crippen LogP contribution in [-0.2, 0) is 13.5 Å². The predicted molar refractivity (Wildman–Crippen MR) is 81.9 cm³/mol. The summed E-state index contributed by atoms with van der Waals surface area (Å²) < 4.78 is 2.71. The van der Waals surface area contributed by atoms with Gasteiger partial charge in [0.25, 0.3) is 0 Å². The Balaban J connectivity index is 1.97. The number of hydrogen-bond donors (Lipinski definition) is 1. The van der Waals surface area contributed by atoms with Gasteiger partial charge in [0.2, 0.25) is 0 Å². The van der Waals surface area contributed by atoms with Crippen LogP contribution in [0.15, 0.2) is 24.5 Å². The van der Waals surface area contributed by atoms with E-state index in [4.69, 9.17) is 11.6 Å². The van der Waals surface area contributed by atoms with E-state index in [1.165, 1.54) is 10.4 Å². The average molecular weight is 298 g/mol. The Morgan fingerprint density at radius 2 is 2.32 bits per heavy atom. The first kappa shape index (κ1) is 14.6. The molecule has 1 unspecified atom stereocenters. The van der Waals surface area contributed by atoms with Crippen molar-refractivity contribution in [2.24, 2.45) is 7.05 Å². The number of aryl methyl sites for hydroxylation is 2. The summed E-state index contributed by atoms with van der Waals surface area (Å²) in [5.74, 6) is 0. The first-order valence-corrected chi connectivity index (χ1v) is 7.84. The summed E-state index contributed by atoms with van der Waals surface area (Å²) in [7, 11) is 1.95. The van der Waals surface area contributed by atoms with Gasteiger partial charge < -0.3 is 5.32 Å². The van der Waals surface area contributed by atoms with E-state index in [2.05, 4.69) is 29.6 Å². The minimum atomic E-state index is 0.387. The lowest BCUT2D eigenvalue weighted by Crippen LogP contribution is -2.21. The molecule has 0 saturated heterocycles. The summed E-state index contributed by atoms with van der Waals surface area (Å²) in [6.45, 7) is 3.22. The van der Waals surface area contributed by atoms with Crippen LogP contribution in [0.4, 0.5) is 0 Å². The second kappa shape index (κ2) is 7.08. The maximum atomic E-state index is 6.04. The fourth-order valence-electron chi connectivity index (χ4n) is 2.09. The summed E-state index contributed by atoms with van der Waals surface area (Å²) in [5.41, 5.74) is 1.29. The Morgan fingerprint density at radius 1 is 1.47 bits per heavy atom. The van der Waals surface area contributed by atoms with Gasteiger partial charge in [-0.1, -0.05) is 18.5 Å². The SMILES string of the molecule is CCCNC(CCc1cnn(C)c1)c1ccc(Cl)s1. The summed E-state index contributed by atoms with van der Waals surface area (Å²) >= 11 is 7.71. The molecule has 0 aliphatic rings. The fraction of sp³-hybridized carbons (Fsp3) is 0.500. The van der Waals surface area contributed by atoms with Crippen LogP contribution in [0, 0.1) is 0 Å². The lowest BCUT2D eigenvalue weighted by Gasteiger charge is -2.16. The van der Waals surface area contributed by atoms with Crippen molar-refractivity contribution in [3.8, 4) is 0 Å². The molecular formula is C14H20ClN3S. The molecule has 0 saturated carbocycles. The Bertz CT molecular complexity index is 506. The molecule has 2 heterocycles. The molecule has 0 aliphatic carbocycles. The molecule has 0 radical (unpaired) electrons. The van der Waals surface area contributed by atoms with Gasteiger partial charge in [-0.3, -0.25) is 4.68 Å². The van der Waals surface area contributed by atoms with Crippen molar-refractivity contribution in [1.82, 2.24) is 15.1 Å². The van der Waals surface area contributed by atoms with Gasteiger partial charge in [-0.2, -0.15) is 5.10 Å². The summed E-state index contributed by atoms with van der Waals surface area (Å²) in [6, 6.07) is 4.49.